The van der Waals surface area contributed by atoms with Crippen molar-refractivity contribution in [1.82, 2.24) is 5.32 Å². The van der Waals surface area contributed by atoms with Crippen LogP contribution in [0.25, 0.3) is 0 Å². The molecular formula is C17H35NO3Si. The summed E-state index contributed by atoms with van der Waals surface area (Å²) in [6.07, 6.45) is 1.94. The molecule has 2 atom stereocenters. The molecular weight excluding hydrogens is 294 g/mol. The molecule has 0 aliphatic rings. The summed E-state index contributed by atoms with van der Waals surface area (Å²) in [5.41, 5.74) is -0.508. The standard InChI is InChI=1S/C17H35NO3Si/c1-11-12-14(18-15(19)20-16(3,4)5)13(2)21-22(9,10)17(6,7)8/h11,13-14H,1,12H2,2-10H3,(H,18,19)/t13-,14+/m0/s1. The normalized spacial score (nSPS) is 15.9. The van der Waals surface area contributed by atoms with Crippen molar-refractivity contribution in [1.29, 1.82) is 0 Å². The summed E-state index contributed by atoms with van der Waals surface area (Å²) in [5.74, 6) is 0. The smallest absolute Gasteiger partial charge is 0.407 e. The zero-order valence-corrected chi connectivity index (χ0v) is 16.9. The lowest BCUT2D eigenvalue weighted by Crippen LogP contribution is -2.51. The molecule has 0 heterocycles. The van der Waals surface area contributed by atoms with E-state index >= 15 is 0 Å². The highest BCUT2D eigenvalue weighted by atomic mass is 28.4. The first-order valence-corrected chi connectivity index (χ1v) is 10.9. The Morgan fingerprint density at radius 3 is 2.09 bits per heavy atom. The fraction of sp³-hybridized carbons (Fsp3) is 0.824. The highest BCUT2D eigenvalue weighted by molar-refractivity contribution is 6.74. The van der Waals surface area contributed by atoms with Crippen LogP contribution in [0, 0.1) is 0 Å². The minimum absolute atomic E-state index is 0.0913. The van der Waals surface area contributed by atoms with Crippen molar-refractivity contribution in [3.63, 3.8) is 0 Å². The number of carbonyl (C=O) groups excluding carboxylic acids is 1. The second-order valence-electron chi connectivity index (χ2n) is 8.36. The van der Waals surface area contributed by atoms with E-state index in [1.807, 2.05) is 27.7 Å². The lowest BCUT2D eigenvalue weighted by molar-refractivity contribution is 0.0447. The Hall–Kier alpha value is -0.813. The number of carbonyl (C=O) groups is 1. The summed E-state index contributed by atoms with van der Waals surface area (Å²) in [6.45, 7) is 22.4. The molecule has 0 unspecified atom stereocenters. The van der Waals surface area contributed by atoms with Gasteiger partial charge >= 0.3 is 6.09 Å². The van der Waals surface area contributed by atoms with E-state index in [0.717, 1.165) is 0 Å². The summed E-state index contributed by atoms with van der Waals surface area (Å²) in [7, 11) is -1.88. The van der Waals surface area contributed by atoms with Crippen LogP contribution in [0.1, 0.15) is 54.9 Å². The van der Waals surface area contributed by atoms with E-state index in [4.69, 9.17) is 9.16 Å². The molecule has 4 nitrogen and oxygen atoms in total. The predicted molar refractivity (Wildman–Crippen MR) is 95.7 cm³/mol. The maximum absolute atomic E-state index is 12.0. The van der Waals surface area contributed by atoms with Gasteiger partial charge in [0, 0.05) is 0 Å². The number of rotatable bonds is 6. The molecule has 0 aliphatic heterocycles. The van der Waals surface area contributed by atoms with E-state index < -0.39 is 20.0 Å². The zero-order chi connectivity index (χ0) is 17.8. The molecule has 5 heteroatoms. The Morgan fingerprint density at radius 1 is 1.23 bits per heavy atom. The molecule has 22 heavy (non-hydrogen) atoms. The molecule has 0 fully saturated rings. The van der Waals surface area contributed by atoms with Gasteiger partial charge in [0.2, 0.25) is 0 Å². The molecule has 0 aromatic rings. The van der Waals surface area contributed by atoms with Crippen molar-refractivity contribution in [3.8, 4) is 0 Å². The lowest BCUT2D eigenvalue weighted by Gasteiger charge is -2.40. The van der Waals surface area contributed by atoms with Gasteiger partial charge in [-0.1, -0.05) is 26.8 Å². The van der Waals surface area contributed by atoms with Crippen LogP contribution in [0.4, 0.5) is 4.79 Å². The molecule has 0 rings (SSSR count). The number of hydrogen-bond donors (Lipinski definition) is 1. The van der Waals surface area contributed by atoms with Crippen molar-refractivity contribution < 1.29 is 14.0 Å². The lowest BCUT2D eigenvalue weighted by atomic mass is 10.1. The average molecular weight is 330 g/mol. The van der Waals surface area contributed by atoms with Crippen molar-refractivity contribution in [2.45, 2.75) is 90.8 Å². The molecule has 1 N–H and O–H groups in total. The third-order valence-corrected chi connectivity index (χ3v) is 8.55. The van der Waals surface area contributed by atoms with E-state index in [0.29, 0.717) is 6.42 Å². The SMILES string of the molecule is C=CC[C@@H](NC(=O)OC(C)(C)C)[C@H](C)O[Si](C)(C)C(C)(C)C. The Bertz CT molecular complexity index is 380. The van der Waals surface area contributed by atoms with Gasteiger partial charge in [-0.05, 0) is 52.2 Å². The number of nitrogens with one attached hydrogen (secondary N) is 1. The first kappa shape index (κ1) is 21.2. The van der Waals surface area contributed by atoms with Gasteiger partial charge < -0.3 is 14.5 Å². The van der Waals surface area contributed by atoms with Crippen LogP contribution in [-0.4, -0.2) is 32.2 Å². The van der Waals surface area contributed by atoms with E-state index in [1.165, 1.54) is 0 Å². The van der Waals surface area contributed by atoms with Gasteiger partial charge in [-0.25, -0.2) is 4.79 Å². The largest absolute Gasteiger partial charge is 0.444 e. The van der Waals surface area contributed by atoms with Crippen molar-refractivity contribution in [2.75, 3.05) is 0 Å². The van der Waals surface area contributed by atoms with E-state index in [1.54, 1.807) is 6.08 Å². The summed E-state index contributed by atoms with van der Waals surface area (Å²) >= 11 is 0. The first-order valence-electron chi connectivity index (χ1n) is 7.98. The summed E-state index contributed by atoms with van der Waals surface area (Å²) < 4.78 is 11.7. The van der Waals surface area contributed by atoms with E-state index in [9.17, 15) is 4.79 Å². The molecule has 0 radical (unpaired) electrons. The predicted octanol–water partition coefficient (Wildman–Crippen LogP) is 4.87. The maximum atomic E-state index is 12.0. The van der Waals surface area contributed by atoms with Crippen LogP contribution in [0.15, 0.2) is 12.7 Å². The highest BCUT2D eigenvalue weighted by Crippen LogP contribution is 2.37. The van der Waals surface area contributed by atoms with E-state index in [2.05, 4.69) is 45.8 Å². The monoisotopic (exact) mass is 329 g/mol. The molecule has 0 aromatic heterocycles. The van der Waals surface area contributed by atoms with Gasteiger partial charge in [0.25, 0.3) is 0 Å². The molecule has 0 saturated heterocycles. The van der Waals surface area contributed by atoms with Gasteiger partial charge in [-0.2, -0.15) is 0 Å². The van der Waals surface area contributed by atoms with Crippen LogP contribution in [0.5, 0.6) is 0 Å². The van der Waals surface area contributed by atoms with Crippen LogP contribution in [0.3, 0.4) is 0 Å². The fourth-order valence-corrected chi connectivity index (χ4v) is 3.18. The van der Waals surface area contributed by atoms with Crippen LogP contribution in [-0.2, 0) is 9.16 Å². The molecule has 130 valence electrons. The van der Waals surface area contributed by atoms with Crippen LogP contribution in [0.2, 0.25) is 18.1 Å². The number of amides is 1. The Kier molecular flexibility index (Phi) is 7.36. The van der Waals surface area contributed by atoms with Crippen LogP contribution < -0.4 is 5.32 Å². The first-order chi connectivity index (χ1) is 9.69. The molecule has 0 bridgehead atoms. The topological polar surface area (TPSA) is 47.6 Å². The molecule has 0 aromatic carbocycles. The van der Waals surface area contributed by atoms with Gasteiger partial charge in [0.15, 0.2) is 8.32 Å². The third kappa shape index (κ3) is 7.45. The Morgan fingerprint density at radius 2 is 1.73 bits per heavy atom. The number of hydrogen-bond acceptors (Lipinski definition) is 3. The zero-order valence-electron chi connectivity index (χ0n) is 15.9. The second kappa shape index (κ2) is 7.64. The van der Waals surface area contributed by atoms with Crippen molar-refractivity contribution >= 4 is 14.4 Å². The third-order valence-electron chi connectivity index (χ3n) is 3.98. The van der Waals surface area contributed by atoms with Crippen molar-refractivity contribution in [3.05, 3.63) is 12.7 Å². The molecule has 0 aliphatic carbocycles. The summed E-state index contributed by atoms with van der Waals surface area (Å²) in [6, 6.07) is -0.138. The molecule has 1 amide bonds. The van der Waals surface area contributed by atoms with Crippen molar-refractivity contribution in [2.24, 2.45) is 0 Å². The summed E-state index contributed by atoms with van der Waals surface area (Å²) in [5, 5.41) is 3.04. The quantitative estimate of drug-likeness (QED) is 0.559. The van der Waals surface area contributed by atoms with Crippen LogP contribution >= 0.6 is 0 Å². The maximum Gasteiger partial charge on any atom is 0.407 e. The van der Waals surface area contributed by atoms with Gasteiger partial charge in [-0.3, -0.25) is 0 Å². The summed E-state index contributed by atoms with van der Waals surface area (Å²) in [4.78, 5) is 12.0. The second-order valence-corrected chi connectivity index (χ2v) is 13.1. The van der Waals surface area contributed by atoms with Gasteiger partial charge in [0.1, 0.15) is 5.60 Å². The van der Waals surface area contributed by atoms with E-state index in [-0.39, 0.29) is 17.2 Å². The average Bonchev–Trinajstić information content (AvgIpc) is 2.23. The molecule has 0 saturated carbocycles. The Balaban J connectivity index is 4.88. The van der Waals surface area contributed by atoms with Gasteiger partial charge in [-0.15, -0.1) is 6.58 Å². The fourth-order valence-electron chi connectivity index (χ4n) is 1.73. The minimum atomic E-state index is -1.88. The highest BCUT2D eigenvalue weighted by Gasteiger charge is 2.39. The Labute approximate surface area is 137 Å². The van der Waals surface area contributed by atoms with Gasteiger partial charge in [0.05, 0.1) is 12.1 Å². The number of ether oxygens (including phenoxy) is 1. The molecule has 0 spiro atoms. The minimum Gasteiger partial charge on any atom is -0.444 e. The number of alkyl carbamates (subject to hydrolysis) is 1.